The summed E-state index contributed by atoms with van der Waals surface area (Å²) in [5, 5.41) is 9.92. The smallest absolute Gasteiger partial charge is 0.164 e. The van der Waals surface area contributed by atoms with Gasteiger partial charge in [-0.2, -0.15) is 0 Å². The molecule has 0 atom stereocenters. The van der Waals surface area contributed by atoms with Crippen molar-refractivity contribution in [2.75, 3.05) is 0 Å². The Morgan fingerprint density at radius 3 is 1.83 bits per heavy atom. The standard InChI is InChI=1S/C47H28N4S/c1-2-13-31(14-3-1)45-48-46(32-15-10-16-33(28-32)51-39-21-8-6-18-35(39)36-19-7-9-22-40(36)51)50-47(49-45)38-20-11-23-41-43(38)37-27-26-30-25-24-29-12-4-5-17-34(29)42(30)44(37)52-41/h1-28H. The van der Waals surface area contributed by atoms with Crippen LogP contribution in [0, 0.1) is 0 Å². The lowest BCUT2D eigenvalue weighted by atomic mass is 9.98. The van der Waals surface area contributed by atoms with Gasteiger partial charge in [-0.15, -0.1) is 11.3 Å². The van der Waals surface area contributed by atoms with Crippen molar-refractivity contribution in [1.29, 1.82) is 0 Å². The Morgan fingerprint density at radius 2 is 1.02 bits per heavy atom. The first-order valence-electron chi connectivity index (χ1n) is 17.5. The molecular weight excluding hydrogens is 653 g/mol. The molecule has 0 unspecified atom stereocenters. The zero-order valence-electron chi connectivity index (χ0n) is 27.9. The molecule has 0 N–H and O–H groups in total. The monoisotopic (exact) mass is 680 g/mol. The summed E-state index contributed by atoms with van der Waals surface area (Å²) in [6, 6.07) is 60.1. The lowest BCUT2D eigenvalue weighted by Gasteiger charge is -2.12. The second-order valence-corrected chi connectivity index (χ2v) is 14.3. The topological polar surface area (TPSA) is 43.6 Å². The van der Waals surface area contributed by atoms with E-state index in [1.807, 2.05) is 29.5 Å². The predicted octanol–water partition coefficient (Wildman–Crippen LogP) is 12.6. The van der Waals surface area contributed by atoms with Crippen molar-refractivity contribution >= 4 is 74.9 Å². The molecule has 5 heteroatoms. The van der Waals surface area contributed by atoms with E-state index in [-0.39, 0.29) is 0 Å². The number of hydrogen-bond acceptors (Lipinski definition) is 4. The van der Waals surface area contributed by atoms with E-state index in [2.05, 4.69) is 156 Å². The Bertz CT molecular complexity index is 3140. The first-order chi connectivity index (χ1) is 25.8. The SMILES string of the molecule is c1ccc(-c2nc(-c3cccc(-n4c5ccccc5c5ccccc54)c3)nc(-c3cccc4sc5c(ccc6ccc7ccccc7c65)c34)n2)cc1. The average Bonchev–Trinajstić information content (AvgIpc) is 3.77. The van der Waals surface area contributed by atoms with Gasteiger partial charge in [-0.1, -0.05) is 140 Å². The largest absolute Gasteiger partial charge is 0.309 e. The minimum absolute atomic E-state index is 0.638. The van der Waals surface area contributed by atoms with Crippen LogP contribution in [0.25, 0.3) is 103 Å². The highest BCUT2D eigenvalue weighted by Gasteiger charge is 2.19. The highest BCUT2D eigenvalue weighted by Crippen LogP contribution is 2.44. The number of aromatic nitrogens is 4. The molecule has 0 radical (unpaired) electrons. The zero-order chi connectivity index (χ0) is 34.2. The van der Waals surface area contributed by atoms with Crippen molar-refractivity contribution in [2.45, 2.75) is 0 Å². The van der Waals surface area contributed by atoms with Gasteiger partial charge in [0.05, 0.1) is 11.0 Å². The van der Waals surface area contributed by atoms with Gasteiger partial charge in [-0.3, -0.25) is 0 Å². The van der Waals surface area contributed by atoms with Crippen molar-refractivity contribution < 1.29 is 0 Å². The number of benzene rings is 8. The summed E-state index contributed by atoms with van der Waals surface area (Å²) < 4.78 is 4.83. The molecule has 11 rings (SSSR count). The molecular formula is C47H28N4S. The van der Waals surface area contributed by atoms with Gasteiger partial charge >= 0.3 is 0 Å². The summed E-state index contributed by atoms with van der Waals surface area (Å²) in [5.41, 5.74) is 6.27. The number of thiophene rings is 1. The van der Waals surface area contributed by atoms with Crippen LogP contribution < -0.4 is 0 Å². The molecule has 0 aliphatic carbocycles. The molecule has 0 aliphatic rings. The Balaban J connectivity index is 1.15. The van der Waals surface area contributed by atoms with Gasteiger partial charge < -0.3 is 4.57 Å². The summed E-state index contributed by atoms with van der Waals surface area (Å²) >= 11 is 1.84. The summed E-state index contributed by atoms with van der Waals surface area (Å²) in [5.74, 6) is 1.95. The van der Waals surface area contributed by atoms with Crippen LogP contribution in [-0.4, -0.2) is 19.5 Å². The maximum atomic E-state index is 5.27. The number of hydrogen-bond donors (Lipinski definition) is 0. The van der Waals surface area contributed by atoms with Crippen molar-refractivity contribution in [3.8, 4) is 39.9 Å². The second-order valence-electron chi connectivity index (χ2n) is 13.2. The highest BCUT2D eigenvalue weighted by molar-refractivity contribution is 7.27. The van der Waals surface area contributed by atoms with Crippen LogP contribution in [-0.2, 0) is 0 Å². The van der Waals surface area contributed by atoms with Crippen LogP contribution in [0.5, 0.6) is 0 Å². The number of fused-ring (bicyclic) bond motifs is 10. The van der Waals surface area contributed by atoms with Crippen LogP contribution in [0.4, 0.5) is 0 Å². The second kappa shape index (κ2) is 11.4. The fourth-order valence-corrected chi connectivity index (χ4v) is 9.18. The lowest BCUT2D eigenvalue weighted by Crippen LogP contribution is -2.01. The van der Waals surface area contributed by atoms with Gasteiger partial charge in [0.15, 0.2) is 17.5 Å². The normalized spacial score (nSPS) is 11.8. The molecule has 0 aliphatic heterocycles. The first kappa shape index (κ1) is 29.1. The van der Waals surface area contributed by atoms with Gasteiger partial charge in [0, 0.05) is 58.7 Å². The van der Waals surface area contributed by atoms with E-state index in [0.717, 1.165) is 22.4 Å². The van der Waals surface area contributed by atoms with E-state index in [9.17, 15) is 0 Å². The van der Waals surface area contributed by atoms with Crippen molar-refractivity contribution in [2.24, 2.45) is 0 Å². The summed E-state index contributed by atoms with van der Waals surface area (Å²) in [4.78, 5) is 15.6. The maximum absolute atomic E-state index is 5.27. The predicted molar refractivity (Wildman–Crippen MR) is 218 cm³/mol. The molecule has 8 aromatic carbocycles. The highest BCUT2D eigenvalue weighted by atomic mass is 32.1. The van der Waals surface area contributed by atoms with Gasteiger partial charge in [0.2, 0.25) is 0 Å². The third-order valence-corrected chi connectivity index (χ3v) is 11.4. The molecule has 52 heavy (non-hydrogen) atoms. The molecule has 3 aromatic heterocycles. The van der Waals surface area contributed by atoms with Crippen molar-refractivity contribution in [3.63, 3.8) is 0 Å². The Morgan fingerprint density at radius 1 is 0.404 bits per heavy atom. The fraction of sp³-hybridized carbons (Fsp3) is 0. The number of nitrogens with zero attached hydrogens (tertiary/aromatic N) is 4. The molecule has 3 heterocycles. The molecule has 0 saturated carbocycles. The van der Waals surface area contributed by atoms with Crippen LogP contribution in [0.15, 0.2) is 170 Å². The first-order valence-corrected chi connectivity index (χ1v) is 18.3. The van der Waals surface area contributed by atoms with E-state index < -0.39 is 0 Å². The lowest BCUT2D eigenvalue weighted by molar-refractivity contribution is 1.07. The van der Waals surface area contributed by atoms with E-state index in [1.165, 1.54) is 63.5 Å². The van der Waals surface area contributed by atoms with Crippen LogP contribution in [0.1, 0.15) is 0 Å². The molecule has 0 saturated heterocycles. The van der Waals surface area contributed by atoms with Crippen LogP contribution in [0.3, 0.4) is 0 Å². The molecule has 4 nitrogen and oxygen atoms in total. The third kappa shape index (κ3) is 4.43. The van der Waals surface area contributed by atoms with Crippen molar-refractivity contribution in [1.82, 2.24) is 19.5 Å². The van der Waals surface area contributed by atoms with Gasteiger partial charge in [0.25, 0.3) is 0 Å². The van der Waals surface area contributed by atoms with Crippen LogP contribution in [0.2, 0.25) is 0 Å². The third-order valence-electron chi connectivity index (χ3n) is 10.2. The molecule has 0 fully saturated rings. The maximum Gasteiger partial charge on any atom is 0.164 e. The average molecular weight is 681 g/mol. The van der Waals surface area contributed by atoms with E-state index in [4.69, 9.17) is 15.0 Å². The molecule has 11 aromatic rings. The van der Waals surface area contributed by atoms with Gasteiger partial charge in [0.1, 0.15) is 0 Å². The molecule has 0 spiro atoms. The summed E-state index contributed by atoms with van der Waals surface area (Å²) in [6.45, 7) is 0. The zero-order valence-corrected chi connectivity index (χ0v) is 28.7. The molecule has 0 amide bonds. The Kier molecular flexibility index (Phi) is 6.39. The minimum atomic E-state index is 0.638. The quantitative estimate of drug-likeness (QED) is 0.174. The molecule has 242 valence electrons. The summed E-state index contributed by atoms with van der Waals surface area (Å²) in [6.07, 6.45) is 0. The Labute approximate surface area is 302 Å². The van der Waals surface area contributed by atoms with E-state index in [0.29, 0.717) is 17.5 Å². The van der Waals surface area contributed by atoms with Gasteiger partial charge in [-0.05, 0) is 46.5 Å². The summed E-state index contributed by atoms with van der Waals surface area (Å²) in [7, 11) is 0. The van der Waals surface area contributed by atoms with E-state index >= 15 is 0 Å². The van der Waals surface area contributed by atoms with Crippen LogP contribution >= 0.6 is 11.3 Å². The number of para-hydroxylation sites is 2. The van der Waals surface area contributed by atoms with Gasteiger partial charge in [-0.25, -0.2) is 15.0 Å². The molecule has 0 bridgehead atoms. The number of rotatable bonds is 4. The minimum Gasteiger partial charge on any atom is -0.309 e. The fourth-order valence-electron chi connectivity index (χ4n) is 7.88. The van der Waals surface area contributed by atoms with Crippen molar-refractivity contribution in [3.05, 3.63) is 170 Å². The van der Waals surface area contributed by atoms with E-state index in [1.54, 1.807) is 0 Å². The Hall–Kier alpha value is -6.69.